The molecule has 0 atom stereocenters. The largest absolute Gasteiger partial charge is 0.491 e. The van der Waals surface area contributed by atoms with E-state index in [1.807, 2.05) is 31.2 Å². The molecule has 0 unspecified atom stereocenters. The van der Waals surface area contributed by atoms with Gasteiger partial charge in [0.05, 0.1) is 13.2 Å². The van der Waals surface area contributed by atoms with E-state index in [2.05, 4.69) is 14.7 Å². The SMILES string of the molecule is CCOC(=O)c1nn(CC2CC2)c2c1CN(Cc1ccc(OCCO)cc1)CC2. The Morgan fingerprint density at radius 2 is 2.07 bits per heavy atom. The van der Waals surface area contributed by atoms with Crippen LogP contribution in [-0.4, -0.2) is 52.1 Å². The fourth-order valence-corrected chi connectivity index (χ4v) is 3.85. The van der Waals surface area contributed by atoms with Gasteiger partial charge in [0.2, 0.25) is 0 Å². The zero-order chi connectivity index (χ0) is 20.2. The van der Waals surface area contributed by atoms with Gasteiger partial charge in [-0.3, -0.25) is 9.58 Å². The average Bonchev–Trinajstić information content (AvgIpc) is 3.48. The van der Waals surface area contributed by atoms with Gasteiger partial charge >= 0.3 is 5.97 Å². The van der Waals surface area contributed by atoms with Gasteiger partial charge in [-0.15, -0.1) is 0 Å². The van der Waals surface area contributed by atoms with Crippen molar-refractivity contribution in [3.8, 4) is 5.75 Å². The Morgan fingerprint density at radius 1 is 1.28 bits per heavy atom. The summed E-state index contributed by atoms with van der Waals surface area (Å²) in [5.74, 6) is 1.15. The predicted molar refractivity (Wildman–Crippen MR) is 108 cm³/mol. The first-order valence-electron chi connectivity index (χ1n) is 10.5. The Morgan fingerprint density at radius 3 is 2.76 bits per heavy atom. The summed E-state index contributed by atoms with van der Waals surface area (Å²) in [5.41, 5.74) is 3.90. The number of carbonyl (C=O) groups is 1. The van der Waals surface area contributed by atoms with E-state index in [0.29, 0.717) is 31.4 Å². The molecule has 0 bridgehead atoms. The van der Waals surface area contributed by atoms with Crippen LogP contribution in [-0.2, 0) is 30.8 Å². The second-order valence-electron chi connectivity index (χ2n) is 7.80. The molecule has 1 aromatic heterocycles. The minimum absolute atomic E-state index is 0.00902. The van der Waals surface area contributed by atoms with Crippen LogP contribution in [0.3, 0.4) is 0 Å². The minimum Gasteiger partial charge on any atom is -0.491 e. The van der Waals surface area contributed by atoms with Crippen LogP contribution in [0.25, 0.3) is 0 Å². The number of nitrogens with zero attached hydrogens (tertiary/aromatic N) is 3. The molecule has 0 saturated heterocycles. The van der Waals surface area contributed by atoms with Crippen molar-refractivity contribution >= 4 is 5.97 Å². The van der Waals surface area contributed by atoms with Crippen LogP contribution in [0.2, 0.25) is 0 Å². The van der Waals surface area contributed by atoms with Gasteiger partial charge in [0.1, 0.15) is 12.4 Å². The normalized spacial score (nSPS) is 16.5. The molecule has 29 heavy (non-hydrogen) atoms. The molecule has 1 aliphatic carbocycles. The van der Waals surface area contributed by atoms with E-state index in [4.69, 9.17) is 14.6 Å². The van der Waals surface area contributed by atoms with Crippen molar-refractivity contribution in [2.45, 2.75) is 45.8 Å². The molecular formula is C22H29N3O4. The molecule has 0 amide bonds. The number of hydrogen-bond donors (Lipinski definition) is 1. The van der Waals surface area contributed by atoms with Crippen molar-refractivity contribution in [2.24, 2.45) is 5.92 Å². The lowest BCUT2D eigenvalue weighted by Gasteiger charge is -2.27. The summed E-state index contributed by atoms with van der Waals surface area (Å²) in [4.78, 5) is 14.8. The number of benzene rings is 1. The standard InChI is InChI=1S/C22H29N3O4/c1-2-28-22(27)21-19-15-24(10-9-20(19)25(23-21)14-17-3-4-17)13-16-5-7-18(8-6-16)29-12-11-26/h5-8,17,26H,2-4,9-15H2,1H3. The number of ether oxygens (including phenoxy) is 2. The first-order valence-corrected chi connectivity index (χ1v) is 10.5. The number of carbonyl (C=O) groups excluding carboxylic acids is 1. The maximum absolute atomic E-state index is 12.5. The number of aliphatic hydroxyl groups is 1. The summed E-state index contributed by atoms with van der Waals surface area (Å²) in [6.45, 7) is 5.85. The number of aliphatic hydroxyl groups excluding tert-OH is 1. The number of hydrogen-bond acceptors (Lipinski definition) is 6. The van der Waals surface area contributed by atoms with Crippen molar-refractivity contribution < 1.29 is 19.4 Å². The molecule has 1 saturated carbocycles. The second-order valence-corrected chi connectivity index (χ2v) is 7.80. The van der Waals surface area contributed by atoms with Crippen LogP contribution in [0.1, 0.15) is 47.1 Å². The van der Waals surface area contributed by atoms with Crippen molar-refractivity contribution in [3.63, 3.8) is 0 Å². The van der Waals surface area contributed by atoms with Crippen LogP contribution >= 0.6 is 0 Å². The Hall–Kier alpha value is -2.38. The van der Waals surface area contributed by atoms with E-state index in [9.17, 15) is 4.79 Å². The van der Waals surface area contributed by atoms with Crippen molar-refractivity contribution in [3.05, 3.63) is 46.8 Å². The third kappa shape index (κ3) is 4.79. The highest BCUT2D eigenvalue weighted by molar-refractivity contribution is 5.89. The van der Waals surface area contributed by atoms with Crippen LogP contribution in [0.15, 0.2) is 24.3 Å². The summed E-state index contributed by atoms with van der Waals surface area (Å²) >= 11 is 0. The quantitative estimate of drug-likeness (QED) is 0.653. The van der Waals surface area contributed by atoms with Gasteiger partial charge in [-0.25, -0.2) is 4.79 Å². The molecule has 156 valence electrons. The van der Waals surface area contributed by atoms with Gasteiger partial charge in [0.25, 0.3) is 0 Å². The predicted octanol–water partition coefficient (Wildman–Crippen LogP) is 2.40. The second kappa shape index (κ2) is 8.97. The molecule has 7 nitrogen and oxygen atoms in total. The summed E-state index contributed by atoms with van der Waals surface area (Å²) in [6, 6.07) is 7.95. The Bertz CT molecular complexity index is 842. The smallest absolute Gasteiger partial charge is 0.359 e. The molecule has 0 spiro atoms. The molecular weight excluding hydrogens is 370 g/mol. The summed E-state index contributed by atoms with van der Waals surface area (Å²) in [7, 11) is 0. The molecule has 1 N–H and O–H groups in total. The number of aromatic nitrogens is 2. The number of esters is 1. The molecule has 4 rings (SSSR count). The van der Waals surface area contributed by atoms with E-state index in [0.717, 1.165) is 37.4 Å². The molecule has 7 heteroatoms. The summed E-state index contributed by atoms with van der Waals surface area (Å²) in [6.07, 6.45) is 3.41. The first-order chi connectivity index (χ1) is 14.2. The number of fused-ring (bicyclic) bond motifs is 1. The lowest BCUT2D eigenvalue weighted by molar-refractivity contribution is 0.0515. The maximum atomic E-state index is 12.5. The maximum Gasteiger partial charge on any atom is 0.359 e. The Kier molecular flexibility index (Phi) is 6.16. The van der Waals surface area contributed by atoms with Crippen LogP contribution in [0.4, 0.5) is 0 Å². The molecule has 2 aliphatic rings. The highest BCUT2D eigenvalue weighted by Crippen LogP contribution is 2.33. The van der Waals surface area contributed by atoms with E-state index in [1.165, 1.54) is 24.1 Å². The van der Waals surface area contributed by atoms with E-state index < -0.39 is 0 Å². The third-order valence-electron chi connectivity index (χ3n) is 5.50. The van der Waals surface area contributed by atoms with Gasteiger partial charge in [0, 0.05) is 43.9 Å². The lowest BCUT2D eigenvalue weighted by atomic mass is 10.0. The average molecular weight is 399 g/mol. The van der Waals surface area contributed by atoms with Gasteiger partial charge in [0.15, 0.2) is 5.69 Å². The fraction of sp³-hybridized carbons (Fsp3) is 0.545. The van der Waals surface area contributed by atoms with E-state index >= 15 is 0 Å². The topological polar surface area (TPSA) is 76.8 Å². The van der Waals surface area contributed by atoms with Gasteiger partial charge in [-0.1, -0.05) is 12.1 Å². The van der Waals surface area contributed by atoms with Crippen LogP contribution in [0.5, 0.6) is 5.75 Å². The van der Waals surface area contributed by atoms with E-state index in [1.54, 1.807) is 0 Å². The molecule has 2 heterocycles. The fourth-order valence-electron chi connectivity index (χ4n) is 3.85. The third-order valence-corrected chi connectivity index (χ3v) is 5.50. The van der Waals surface area contributed by atoms with Crippen molar-refractivity contribution in [2.75, 3.05) is 26.4 Å². The molecule has 1 fully saturated rings. The Balaban J connectivity index is 1.47. The van der Waals surface area contributed by atoms with Gasteiger partial charge < -0.3 is 14.6 Å². The molecule has 1 aliphatic heterocycles. The first kappa shape index (κ1) is 19.9. The van der Waals surface area contributed by atoms with Gasteiger partial charge in [-0.05, 0) is 43.4 Å². The van der Waals surface area contributed by atoms with Crippen LogP contribution in [0, 0.1) is 5.92 Å². The van der Waals surface area contributed by atoms with E-state index in [-0.39, 0.29) is 12.6 Å². The Labute approximate surface area is 171 Å². The van der Waals surface area contributed by atoms with Crippen molar-refractivity contribution in [1.29, 1.82) is 0 Å². The summed E-state index contributed by atoms with van der Waals surface area (Å²) < 4.78 is 12.7. The molecule has 0 radical (unpaired) electrons. The van der Waals surface area contributed by atoms with Crippen molar-refractivity contribution in [1.82, 2.24) is 14.7 Å². The van der Waals surface area contributed by atoms with Gasteiger partial charge in [-0.2, -0.15) is 5.10 Å². The zero-order valence-electron chi connectivity index (χ0n) is 17.0. The number of rotatable bonds is 9. The summed E-state index contributed by atoms with van der Waals surface area (Å²) in [5, 5.41) is 13.5. The molecule has 1 aromatic carbocycles. The zero-order valence-corrected chi connectivity index (χ0v) is 17.0. The monoisotopic (exact) mass is 399 g/mol. The highest BCUT2D eigenvalue weighted by atomic mass is 16.5. The lowest BCUT2D eigenvalue weighted by Crippen LogP contribution is -2.31. The van der Waals surface area contributed by atoms with Crippen LogP contribution < -0.4 is 4.74 Å². The minimum atomic E-state index is -0.314. The molecule has 2 aromatic rings. The highest BCUT2D eigenvalue weighted by Gasteiger charge is 2.31.